The van der Waals surface area contributed by atoms with E-state index < -0.39 is 0 Å². The zero-order valence-corrected chi connectivity index (χ0v) is 17.1. The molecule has 28 heavy (non-hydrogen) atoms. The first-order valence-electron chi connectivity index (χ1n) is 10.2. The Hall–Kier alpha value is -2.37. The van der Waals surface area contributed by atoms with E-state index in [0.29, 0.717) is 24.9 Å². The van der Waals surface area contributed by atoms with Gasteiger partial charge in [-0.2, -0.15) is 0 Å². The summed E-state index contributed by atoms with van der Waals surface area (Å²) >= 11 is 0. The normalized spacial score (nSPS) is 17.2. The number of nitrogens with one attached hydrogen (secondary N) is 1. The highest BCUT2D eigenvalue weighted by atomic mass is 19.1. The number of carbonyl (C=O) groups excluding carboxylic acids is 1. The number of piperidine rings is 1. The Morgan fingerprint density at radius 2 is 2.07 bits per heavy atom. The summed E-state index contributed by atoms with van der Waals surface area (Å²) in [6.07, 6.45) is 4.88. The largest absolute Gasteiger partial charge is 0.338 e. The van der Waals surface area contributed by atoms with Crippen molar-refractivity contribution < 1.29 is 9.18 Å². The molecule has 0 bridgehead atoms. The van der Waals surface area contributed by atoms with Gasteiger partial charge in [0, 0.05) is 44.5 Å². The lowest BCUT2D eigenvalue weighted by atomic mass is 9.94. The van der Waals surface area contributed by atoms with E-state index in [0.717, 1.165) is 49.4 Å². The predicted octanol–water partition coefficient (Wildman–Crippen LogP) is 4.00. The zero-order chi connectivity index (χ0) is 20.1. The highest BCUT2D eigenvalue weighted by molar-refractivity contribution is 5.74. The molecule has 1 fully saturated rings. The zero-order valence-electron chi connectivity index (χ0n) is 17.1. The number of hydrogen-bond acceptors (Lipinski definition) is 2. The molecule has 6 heteroatoms. The number of amides is 2. The highest BCUT2D eigenvalue weighted by Gasteiger charge is 2.25. The highest BCUT2D eigenvalue weighted by Crippen LogP contribution is 2.22. The lowest BCUT2D eigenvalue weighted by molar-refractivity contribution is 0.163. The molecule has 0 saturated carbocycles. The number of likely N-dealkylation sites (tertiary alicyclic amines) is 1. The van der Waals surface area contributed by atoms with Crippen molar-refractivity contribution in [1.29, 1.82) is 0 Å². The van der Waals surface area contributed by atoms with Crippen molar-refractivity contribution >= 4 is 6.03 Å². The van der Waals surface area contributed by atoms with E-state index in [1.807, 2.05) is 30.2 Å². The summed E-state index contributed by atoms with van der Waals surface area (Å²) in [5, 5.41) is 3.02. The number of halogens is 1. The maximum absolute atomic E-state index is 13.2. The Balaban J connectivity index is 1.63. The standard InChI is InChI=1S/C22H31FN4O/c1-16(2)12-25-22(28)26-10-4-5-19(14-26)11-21-24-13-17(3)27(21)15-18-6-8-20(23)9-7-18/h6-9,13,16,19H,4-5,10-12,14-15H2,1-3H3,(H,25,28). The van der Waals surface area contributed by atoms with Crippen LogP contribution in [0.5, 0.6) is 0 Å². The molecule has 0 spiro atoms. The average molecular weight is 387 g/mol. The summed E-state index contributed by atoms with van der Waals surface area (Å²) in [5.74, 6) is 1.68. The molecule has 2 amide bonds. The molecular formula is C22H31FN4O. The molecule has 2 heterocycles. The molecular weight excluding hydrogens is 355 g/mol. The van der Waals surface area contributed by atoms with E-state index in [1.54, 1.807) is 0 Å². The predicted molar refractivity (Wildman–Crippen MR) is 109 cm³/mol. The third kappa shape index (κ3) is 5.33. The summed E-state index contributed by atoms with van der Waals surface area (Å²) in [7, 11) is 0. The Morgan fingerprint density at radius 3 is 2.79 bits per heavy atom. The van der Waals surface area contributed by atoms with Crippen LogP contribution in [0.25, 0.3) is 0 Å². The molecule has 1 aliphatic heterocycles. The SMILES string of the molecule is Cc1cnc(CC2CCCN(C(=O)NCC(C)C)C2)n1Cc1ccc(F)cc1. The molecule has 152 valence electrons. The lowest BCUT2D eigenvalue weighted by Gasteiger charge is -2.33. The number of imidazole rings is 1. The van der Waals surface area contributed by atoms with Gasteiger partial charge in [0.25, 0.3) is 0 Å². The first-order valence-corrected chi connectivity index (χ1v) is 10.2. The van der Waals surface area contributed by atoms with Crippen LogP contribution in [0, 0.1) is 24.6 Å². The lowest BCUT2D eigenvalue weighted by Crippen LogP contribution is -2.46. The number of carbonyl (C=O) groups is 1. The van der Waals surface area contributed by atoms with Crippen molar-refractivity contribution in [3.63, 3.8) is 0 Å². The van der Waals surface area contributed by atoms with E-state index in [-0.39, 0.29) is 11.8 Å². The molecule has 1 aliphatic rings. The fourth-order valence-corrected chi connectivity index (χ4v) is 3.74. The minimum absolute atomic E-state index is 0.0456. The van der Waals surface area contributed by atoms with Crippen molar-refractivity contribution in [2.45, 2.75) is 46.6 Å². The van der Waals surface area contributed by atoms with Gasteiger partial charge < -0.3 is 14.8 Å². The van der Waals surface area contributed by atoms with Gasteiger partial charge in [-0.05, 0) is 49.3 Å². The Labute approximate surface area is 167 Å². The number of rotatable bonds is 6. The third-order valence-corrected chi connectivity index (χ3v) is 5.33. The van der Waals surface area contributed by atoms with Crippen LogP contribution >= 0.6 is 0 Å². The molecule has 0 radical (unpaired) electrons. The second-order valence-corrected chi connectivity index (χ2v) is 8.27. The smallest absolute Gasteiger partial charge is 0.317 e. The monoisotopic (exact) mass is 386 g/mol. The molecule has 1 aromatic carbocycles. The van der Waals surface area contributed by atoms with Crippen LogP contribution in [0.4, 0.5) is 9.18 Å². The first kappa shape index (κ1) is 20.4. The van der Waals surface area contributed by atoms with E-state index in [4.69, 9.17) is 0 Å². The number of urea groups is 1. The summed E-state index contributed by atoms with van der Waals surface area (Å²) in [5.41, 5.74) is 2.16. The average Bonchev–Trinajstić information content (AvgIpc) is 3.01. The fourth-order valence-electron chi connectivity index (χ4n) is 3.74. The van der Waals surface area contributed by atoms with Crippen LogP contribution in [-0.2, 0) is 13.0 Å². The Bertz CT molecular complexity index is 784. The number of nitrogens with zero attached hydrogens (tertiary/aromatic N) is 3. The van der Waals surface area contributed by atoms with Crippen molar-refractivity contribution in [2.24, 2.45) is 11.8 Å². The summed E-state index contributed by atoms with van der Waals surface area (Å²) in [6.45, 7) is 9.24. The quantitative estimate of drug-likeness (QED) is 0.816. The van der Waals surface area contributed by atoms with Gasteiger partial charge >= 0.3 is 6.03 Å². The number of aromatic nitrogens is 2. The van der Waals surface area contributed by atoms with Gasteiger partial charge in [0.15, 0.2) is 0 Å². The van der Waals surface area contributed by atoms with Crippen molar-refractivity contribution in [3.05, 3.63) is 53.4 Å². The third-order valence-electron chi connectivity index (χ3n) is 5.33. The van der Waals surface area contributed by atoms with Crippen molar-refractivity contribution in [3.8, 4) is 0 Å². The second kappa shape index (κ2) is 9.22. The molecule has 1 N–H and O–H groups in total. The Morgan fingerprint density at radius 1 is 1.32 bits per heavy atom. The van der Waals surface area contributed by atoms with Gasteiger partial charge in [-0.1, -0.05) is 26.0 Å². The van der Waals surface area contributed by atoms with E-state index in [1.165, 1.54) is 12.1 Å². The maximum atomic E-state index is 13.2. The molecule has 1 saturated heterocycles. The van der Waals surface area contributed by atoms with Gasteiger partial charge in [0.1, 0.15) is 11.6 Å². The maximum Gasteiger partial charge on any atom is 0.317 e. The fraction of sp³-hybridized carbons (Fsp3) is 0.545. The van der Waals surface area contributed by atoms with Crippen LogP contribution in [0.1, 0.15) is 43.8 Å². The second-order valence-electron chi connectivity index (χ2n) is 8.27. The van der Waals surface area contributed by atoms with Crippen molar-refractivity contribution in [1.82, 2.24) is 19.8 Å². The van der Waals surface area contributed by atoms with Gasteiger partial charge in [0.05, 0.1) is 0 Å². The van der Waals surface area contributed by atoms with E-state index in [9.17, 15) is 9.18 Å². The van der Waals surface area contributed by atoms with Crippen LogP contribution < -0.4 is 5.32 Å². The van der Waals surface area contributed by atoms with Crippen LogP contribution in [0.2, 0.25) is 0 Å². The van der Waals surface area contributed by atoms with Crippen LogP contribution in [-0.4, -0.2) is 40.1 Å². The molecule has 3 rings (SSSR count). The molecule has 0 aliphatic carbocycles. The summed E-state index contributed by atoms with van der Waals surface area (Å²) in [6, 6.07) is 6.68. The molecule has 2 aromatic rings. The van der Waals surface area contributed by atoms with Crippen LogP contribution in [0.3, 0.4) is 0 Å². The van der Waals surface area contributed by atoms with Crippen molar-refractivity contribution in [2.75, 3.05) is 19.6 Å². The molecule has 1 atom stereocenters. The van der Waals surface area contributed by atoms with E-state index in [2.05, 4.69) is 28.7 Å². The summed E-state index contributed by atoms with van der Waals surface area (Å²) < 4.78 is 15.4. The number of benzene rings is 1. The van der Waals surface area contributed by atoms with Gasteiger partial charge in [0.2, 0.25) is 0 Å². The molecule has 1 aromatic heterocycles. The Kier molecular flexibility index (Phi) is 6.70. The van der Waals surface area contributed by atoms with Gasteiger partial charge in [-0.25, -0.2) is 14.2 Å². The topological polar surface area (TPSA) is 50.2 Å². The van der Waals surface area contributed by atoms with Gasteiger partial charge in [-0.15, -0.1) is 0 Å². The van der Waals surface area contributed by atoms with Crippen LogP contribution in [0.15, 0.2) is 30.5 Å². The summed E-state index contributed by atoms with van der Waals surface area (Å²) in [4.78, 5) is 19.0. The van der Waals surface area contributed by atoms with Gasteiger partial charge in [-0.3, -0.25) is 0 Å². The number of aryl methyl sites for hydroxylation is 1. The molecule has 5 nitrogen and oxygen atoms in total. The van der Waals surface area contributed by atoms with E-state index >= 15 is 0 Å². The molecule has 1 unspecified atom stereocenters. The minimum atomic E-state index is -0.218. The first-order chi connectivity index (χ1) is 13.4. The minimum Gasteiger partial charge on any atom is -0.338 e. The number of hydrogen-bond donors (Lipinski definition) is 1.